The number of allylic oxidation sites excluding steroid dienone is 2. The van der Waals surface area contributed by atoms with Crippen LogP contribution in [0.5, 0.6) is 0 Å². The number of nitrogens with one attached hydrogen (secondary N) is 1. The predicted octanol–water partition coefficient (Wildman–Crippen LogP) is 4.74. The molecule has 5 nitrogen and oxygen atoms in total. The fourth-order valence-electron chi connectivity index (χ4n) is 2.73. The first-order chi connectivity index (χ1) is 13.8. The van der Waals surface area contributed by atoms with Gasteiger partial charge in [0.15, 0.2) is 0 Å². The van der Waals surface area contributed by atoms with Gasteiger partial charge in [0.2, 0.25) is 0 Å². The van der Waals surface area contributed by atoms with Crippen LogP contribution in [-0.4, -0.2) is 39.8 Å². The van der Waals surface area contributed by atoms with E-state index in [1.807, 2.05) is 0 Å². The molecule has 0 radical (unpaired) electrons. The molecule has 2 heterocycles. The van der Waals surface area contributed by atoms with Crippen molar-refractivity contribution in [3.05, 3.63) is 35.5 Å². The largest absolute Gasteiger partial charge is 2.00 e. The van der Waals surface area contributed by atoms with Crippen LogP contribution in [0, 0.1) is 0 Å². The molecule has 0 aromatic carbocycles. The predicted molar refractivity (Wildman–Crippen MR) is 143 cm³/mol. The van der Waals surface area contributed by atoms with E-state index >= 15 is 0 Å². The minimum absolute atomic E-state index is 0. The Kier molecular flexibility index (Phi) is 19.0. The van der Waals surface area contributed by atoms with Gasteiger partial charge in [-0.05, 0) is 54.4 Å². The molecule has 0 saturated carbocycles. The minimum atomic E-state index is -0.571. The van der Waals surface area contributed by atoms with Crippen molar-refractivity contribution in [2.24, 2.45) is 0 Å². The van der Waals surface area contributed by atoms with E-state index in [1.54, 1.807) is 16.6 Å². The maximum atomic E-state index is 5.20. The van der Waals surface area contributed by atoms with Gasteiger partial charge >= 0.3 is 36.2 Å². The molecule has 2 aliphatic rings. The van der Waals surface area contributed by atoms with Gasteiger partial charge in [0.05, 0.1) is 22.3 Å². The van der Waals surface area contributed by atoms with E-state index in [4.69, 9.17) is 14.9 Å². The van der Waals surface area contributed by atoms with Crippen LogP contribution < -0.4 is 23.3 Å². The molecule has 2 atom stereocenters. The van der Waals surface area contributed by atoms with Crippen molar-refractivity contribution < 1.29 is 45.4 Å². The van der Waals surface area contributed by atoms with Gasteiger partial charge < -0.3 is 19.4 Å². The summed E-state index contributed by atoms with van der Waals surface area (Å²) in [5, 5.41) is 10.4. The summed E-state index contributed by atoms with van der Waals surface area (Å²) in [5.74, 6) is 0. The fraction of sp³-hybridized carbons (Fsp3) is 0.833. The summed E-state index contributed by atoms with van der Waals surface area (Å²) in [6.45, 7) is 35.8. The number of ether oxygens (including phenoxy) is 1. The zero-order valence-electron chi connectivity index (χ0n) is 23.9. The Labute approximate surface area is 232 Å². The third-order valence-corrected chi connectivity index (χ3v) is 11.5. The van der Waals surface area contributed by atoms with Crippen molar-refractivity contribution in [1.29, 1.82) is 0 Å². The van der Waals surface area contributed by atoms with E-state index in [-0.39, 0.29) is 58.4 Å². The summed E-state index contributed by atoms with van der Waals surface area (Å²) < 4.78 is 9.13. The molecule has 2 fully saturated rings. The van der Waals surface area contributed by atoms with Crippen LogP contribution in [0.4, 0.5) is 0 Å². The van der Waals surface area contributed by atoms with Gasteiger partial charge in [0.1, 0.15) is 0 Å². The molecule has 0 spiro atoms. The molecule has 0 aromatic heterocycles. The van der Waals surface area contributed by atoms with Gasteiger partial charge in [0, 0.05) is 18.8 Å². The molecule has 2 aliphatic heterocycles. The topological polar surface area (TPSA) is 45.1 Å². The van der Waals surface area contributed by atoms with Gasteiger partial charge in [-0.1, -0.05) is 66.9 Å². The molecule has 0 unspecified atom stereocenters. The number of nitrogens with zero attached hydrogens (tertiary/aromatic N) is 3. The van der Waals surface area contributed by atoms with Crippen molar-refractivity contribution in [2.45, 2.75) is 118 Å². The van der Waals surface area contributed by atoms with Crippen LogP contribution in [0.2, 0.25) is 0 Å². The monoisotopic (exact) mass is 532 g/mol. The first-order valence-electron chi connectivity index (χ1n) is 11.4. The zero-order chi connectivity index (χ0) is 24.7. The van der Waals surface area contributed by atoms with Gasteiger partial charge in [-0.25, -0.2) is 0 Å². The smallest absolute Gasteiger partial charge is 0.565 e. The van der Waals surface area contributed by atoms with E-state index in [2.05, 4.69) is 101 Å². The maximum absolute atomic E-state index is 5.20. The van der Waals surface area contributed by atoms with Crippen molar-refractivity contribution in [3.8, 4) is 0 Å². The maximum Gasteiger partial charge on any atom is 2.00 e. The Bertz CT molecular complexity index is 491. The van der Waals surface area contributed by atoms with Gasteiger partial charge in [-0.15, -0.1) is 11.1 Å². The standard InChI is InChI=1S/C16H36N4P2.C4H8O.C4H6.Cr.Li/c1-13(2,3)17-21-19(15(7,8)9)22(18-14(4,5)6)20(21)16(10,11)12;1-2-4-5-3-1;1-3-4-2;;/h1-12H3;1-4H2;3-4H,1-2H2;;/q-2;;;+2;+1/p+1/t21-,22-;;;;. The van der Waals surface area contributed by atoms with E-state index in [0.717, 1.165) is 13.2 Å². The van der Waals surface area contributed by atoms with Crippen LogP contribution in [0.1, 0.15) is 95.9 Å². The van der Waals surface area contributed by atoms with E-state index in [9.17, 15) is 0 Å². The molecule has 1 N–H and O–H groups in total. The number of rotatable bonds is 3. The Balaban J connectivity index is -0.000000685. The van der Waals surface area contributed by atoms with Crippen LogP contribution in [-0.2, 0) is 22.1 Å². The second kappa shape index (κ2) is 16.2. The summed E-state index contributed by atoms with van der Waals surface area (Å²) in [6, 6.07) is 0. The Morgan fingerprint density at radius 3 is 1.24 bits per heavy atom. The van der Waals surface area contributed by atoms with Crippen LogP contribution in [0.15, 0.2) is 25.3 Å². The molecule has 188 valence electrons. The first-order valence-corrected chi connectivity index (χ1v) is 13.9. The number of hydrogen-bond donors (Lipinski definition) is 1. The van der Waals surface area contributed by atoms with Crippen molar-refractivity contribution >= 4 is 16.7 Å². The Morgan fingerprint density at radius 2 is 1.09 bits per heavy atom. The summed E-state index contributed by atoms with van der Waals surface area (Å²) in [5.41, 5.74) is 0.266. The SMILES string of the molecule is C1CCOC1.C=CC=C.CC(C)(C)[N-][P@]1N(C(C)(C)C)[P@@]([N-]C(C)(C)C)[NH+]1C(C)(C)C.[Cr+2].[Li+]. The quantitative estimate of drug-likeness (QED) is 0.324. The second-order valence-corrected chi connectivity index (χ2v) is 15.9. The zero-order valence-corrected chi connectivity index (χ0v) is 27.0. The van der Waals surface area contributed by atoms with Crippen molar-refractivity contribution in [1.82, 2.24) is 4.44 Å². The van der Waals surface area contributed by atoms with Crippen LogP contribution in [0.3, 0.4) is 0 Å². The van der Waals surface area contributed by atoms with Gasteiger partial charge in [0.25, 0.3) is 0 Å². The molecular formula is C24H51CrLiN4OP2+2. The summed E-state index contributed by atoms with van der Waals surface area (Å²) in [4.78, 5) is 0. The van der Waals surface area contributed by atoms with Crippen molar-refractivity contribution in [2.75, 3.05) is 13.2 Å². The van der Waals surface area contributed by atoms with Gasteiger partial charge in [-0.3, -0.25) is 0 Å². The van der Waals surface area contributed by atoms with E-state index in [1.165, 1.54) is 12.8 Å². The average Bonchev–Trinajstić information content (AvgIpc) is 3.08. The Hall–Kier alpha value is 1.27. The molecule has 0 aromatic rings. The average molecular weight is 533 g/mol. The number of quaternary nitrogens is 1. The molecule has 33 heavy (non-hydrogen) atoms. The molecular weight excluding hydrogens is 481 g/mol. The first kappa shape index (κ1) is 38.8. The van der Waals surface area contributed by atoms with Crippen molar-refractivity contribution in [3.63, 3.8) is 0 Å². The molecule has 2 saturated heterocycles. The Morgan fingerprint density at radius 1 is 0.758 bits per heavy atom. The van der Waals surface area contributed by atoms with E-state index < -0.39 is 16.7 Å². The third kappa shape index (κ3) is 15.9. The molecule has 0 amide bonds. The molecule has 9 heteroatoms. The van der Waals surface area contributed by atoms with Crippen LogP contribution in [0.25, 0.3) is 10.2 Å². The molecule has 0 aliphatic carbocycles. The fourth-order valence-corrected chi connectivity index (χ4v) is 9.19. The number of hydrogen-bond acceptors (Lipinski definition) is 2. The molecule has 2 rings (SSSR count). The van der Waals surface area contributed by atoms with E-state index in [0.29, 0.717) is 0 Å². The summed E-state index contributed by atoms with van der Waals surface area (Å²) in [6.07, 6.45) is 5.83. The summed E-state index contributed by atoms with van der Waals surface area (Å²) in [7, 11) is -1.14. The normalized spacial score (nSPS) is 21.7. The summed E-state index contributed by atoms with van der Waals surface area (Å²) >= 11 is 0. The molecule has 0 bridgehead atoms. The third-order valence-electron chi connectivity index (χ3n) is 3.79. The second-order valence-electron chi connectivity index (χ2n) is 11.9. The van der Waals surface area contributed by atoms with Crippen LogP contribution >= 0.6 is 16.7 Å². The van der Waals surface area contributed by atoms with Gasteiger partial charge in [-0.2, -0.15) is 4.44 Å². The minimum Gasteiger partial charge on any atom is -0.565 e.